The van der Waals surface area contributed by atoms with Gasteiger partial charge in [-0.3, -0.25) is 4.79 Å². The van der Waals surface area contributed by atoms with E-state index in [1.807, 2.05) is 5.32 Å². The minimum atomic E-state index is -4.51. The first-order chi connectivity index (χ1) is 13.1. The monoisotopic (exact) mass is 394 g/mol. The van der Waals surface area contributed by atoms with Gasteiger partial charge < -0.3 is 15.7 Å². The normalized spacial score (nSPS) is 16.0. The summed E-state index contributed by atoms with van der Waals surface area (Å²) in [5.74, 6) is -2.24. The summed E-state index contributed by atoms with van der Waals surface area (Å²) in [6, 6.07) is 3.66. The van der Waals surface area contributed by atoms with Crippen LogP contribution >= 0.6 is 0 Å². The fourth-order valence-electron chi connectivity index (χ4n) is 2.78. The maximum Gasteiger partial charge on any atom is 0.408 e. The highest BCUT2D eigenvalue weighted by molar-refractivity contribution is 6.10. The number of nitrogens with zero attached hydrogens (tertiary/aromatic N) is 1. The topological polar surface area (TPSA) is 81.6 Å². The zero-order valence-electron chi connectivity index (χ0n) is 14.9. The summed E-state index contributed by atoms with van der Waals surface area (Å²) in [7, 11) is 0. The zero-order chi connectivity index (χ0) is 20.5. The van der Waals surface area contributed by atoms with Crippen LogP contribution in [0.25, 0.3) is 5.57 Å². The van der Waals surface area contributed by atoms with Crippen LogP contribution in [0.1, 0.15) is 41.6 Å². The number of halogens is 4. The molecule has 1 aliphatic rings. The Kier molecular flexibility index (Phi) is 5.35. The van der Waals surface area contributed by atoms with E-state index < -0.39 is 29.9 Å². The van der Waals surface area contributed by atoms with Crippen molar-refractivity contribution >= 4 is 17.2 Å². The van der Waals surface area contributed by atoms with Crippen LogP contribution in [-0.4, -0.2) is 33.8 Å². The lowest BCUT2D eigenvalue weighted by Gasteiger charge is -2.20. The number of amides is 1. The van der Waals surface area contributed by atoms with Crippen LogP contribution in [-0.2, 0) is 0 Å². The first kappa shape index (κ1) is 19.8. The molecule has 2 aromatic rings. The summed E-state index contributed by atoms with van der Waals surface area (Å²) in [5, 5.41) is 10.0. The van der Waals surface area contributed by atoms with Crippen molar-refractivity contribution < 1.29 is 22.4 Å². The van der Waals surface area contributed by atoms with Gasteiger partial charge in [0.15, 0.2) is 5.82 Å². The van der Waals surface area contributed by atoms with E-state index >= 15 is 0 Å². The molecule has 1 atom stereocenters. The number of alkyl halides is 3. The summed E-state index contributed by atoms with van der Waals surface area (Å²) in [5.41, 5.74) is 1.31. The number of hydrogen-bond acceptors (Lipinski definition) is 3. The summed E-state index contributed by atoms with van der Waals surface area (Å²) in [6.45, 7) is 1.64. The van der Waals surface area contributed by atoms with E-state index in [1.54, 1.807) is 13.0 Å². The standard InChI is InChI=1S/C19H18F4N4O/c1-10(7-14(24)12-3-2-4-13(20)8-12)15-9-25-17(26-15)18(28)27-16(11-5-6-11)19(21,22)23/h2-4,7-9,11,16,24H,5-6H2,1H3,(H,25,26)(H,27,28)/b10-7-,24-14?. The SMILES string of the molecule is C/C(=C/C(=N)c1cccc(F)c1)c1cnc(C(=O)NC(C2CC2)C(F)(F)F)[nH]1. The Morgan fingerprint density at radius 2 is 2.11 bits per heavy atom. The highest BCUT2D eigenvalue weighted by Gasteiger charge is 2.49. The molecule has 1 aromatic carbocycles. The van der Waals surface area contributed by atoms with Crippen LogP contribution in [0.4, 0.5) is 17.6 Å². The predicted octanol–water partition coefficient (Wildman–Crippen LogP) is 4.09. The molecular formula is C19H18F4N4O. The van der Waals surface area contributed by atoms with Crippen molar-refractivity contribution in [2.75, 3.05) is 0 Å². The molecule has 1 aromatic heterocycles. The van der Waals surface area contributed by atoms with E-state index in [4.69, 9.17) is 5.41 Å². The van der Waals surface area contributed by atoms with Crippen molar-refractivity contribution in [1.29, 1.82) is 5.41 Å². The van der Waals surface area contributed by atoms with Gasteiger partial charge >= 0.3 is 6.18 Å². The van der Waals surface area contributed by atoms with Crippen LogP contribution in [0.15, 0.2) is 36.5 Å². The molecule has 1 unspecified atom stereocenters. The summed E-state index contributed by atoms with van der Waals surface area (Å²) >= 11 is 0. The maximum atomic E-state index is 13.3. The Morgan fingerprint density at radius 3 is 2.71 bits per heavy atom. The van der Waals surface area contributed by atoms with Crippen molar-refractivity contribution in [3.8, 4) is 0 Å². The number of H-pyrrole nitrogens is 1. The largest absolute Gasteiger partial charge is 0.408 e. The highest BCUT2D eigenvalue weighted by Crippen LogP contribution is 2.40. The van der Waals surface area contributed by atoms with Crippen LogP contribution in [0.2, 0.25) is 0 Å². The quantitative estimate of drug-likeness (QED) is 0.510. The van der Waals surface area contributed by atoms with Crippen LogP contribution < -0.4 is 5.32 Å². The molecule has 1 aliphatic carbocycles. The number of aromatic amines is 1. The van der Waals surface area contributed by atoms with E-state index in [2.05, 4.69) is 9.97 Å². The van der Waals surface area contributed by atoms with Gasteiger partial charge in [0.05, 0.1) is 17.6 Å². The molecule has 0 radical (unpaired) electrons. The van der Waals surface area contributed by atoms with Crippen molar-refractivity contribution in [2.24, 2.45) is 5.92 Å². The average Bonchev–Trinajstić information content (AvgIpc) is 3.32. The van der Waals surface area contributed by atoms with Gasteiger partial charge in [0, 0.05) is 5.56 Å². The fraction of sp³-hybridized carbons (Fsp3) is 0.316. The predicted molar refractivity (Wildman–Crippen MR) is 95.5 cm³/mol. The lowest BCUT2D eigenvalue weighted by molar-refractivity contribution is -0.158. The molecule has 0 spiro atoms. The average molecular weight is 394 g/mol. The molecule has 3 N–H and O–H groups in total. The van der Waals surface area contributed by atoms with E-state index in [9.17, 15) is 22.4 Å². The van der Waals surface area contributed by atoms with E-state index in [0.717, 1.165) is 0 Å². The highest BCUT2D eigenvalue weighted by atomic mass is 19.4. The van der Waals surface area contributed by atoms with Gasteiger partial charge in [-0.2, -0.15) is 13.2 Å². The molecule has 1 amide bonds. The Bertz CT molecular complexity index is 928. The smallest absolute Gasteiger partial charge is 0.337 e. The van der Waals surface area contributed by atoms with E-state index in [-0.39, 0.29) is 11.5 Å². The molecule has 148 valence electrons. The first-order valence-electron chi connectivity index (χ1n) is 8.61. The zero-order valence-corrected chi connectivity index (χ0v) is 14.9. The second-order valence-corrected chi connectivity index (χ2v) is 6.73. The number of carbonyl (C=O) groups is 1. The maximum absolute atomic E-state index is 13.3. The van der Waals surface area contributed by atoms with Crippen molar-refractivity contribution in [3.05, 3.63) is 59.4 Å². The van der Waals surface area contributed by atoms with Crippen LogP contribution in [0.3, 0.4) is 0 Å². The Labute approximate surface area is 158 Å². The Hall–Kier alpha value is -2.97. The molecular weight excluding hydrogens is 376 g/mol. The van der Waals surface area contributed by atoms with Gasteiger partial charge in [-0.05, 0) is 49.5 Å². The fourth-order valence-corrected chi connectivity index (χ4v) is 2.78. The summed E-state index contributed by atoms with van der Waals surface area (Å²) in [6.07, 6.45) is -0.899. The first-order valence-corrected chi connectivity index (χ1v) is 8.61. The lowest BCUT2D eigenvalue weighted by atomic mass is 10.1. The second-order valence-electron chi connectivity index (χ2n) is 6.73. The van der Waals surface area contributed by atoms with Crippen molar-refractivity contribution in [1.82, 2.24) is 15.3 Å². The van der Waals surface area contributed by atoms with Gasteiger partial charge in [0.1, 0.15) is 11.9 Å². The molecule has 9 heteroatoms. The van der Waals surface area contributed by atoms with Crippen LogP contribution in [0, 0.1) is 17.1 Å². The third-order valence-corrected chi connectivity index (χ3v) is 4.44. The number of hydrogen-bond donors (Lipinski definition) is 3. The minimum absolute atomic E-state index is 0.0449. The number of aromatic nitrogens is 2. The molecule has 1 heterocycles. The van der Waals surface area contributed by atoms with Gasteiger partial charge in [-0.1, -0.05) is 12.1 Å². The molecule has 0 bridgehead atoms. The van der Waals surface area contributed by atoms with Crippen molar-refractivity contribution in [3.63, 3.8) is 0 Å². The van der Waals surface area contributed by atoms with Gasteiger partial charge in [0.2, 0.25) is 0 Å². The molecule has 0 saturated heterocycles. The summed E-state index contributed by atoms with van der Waals surface area (Å²) < 4.78 is 52.4. The number of imidazole rings is 1. The van der Waals surface area contributed by atoms with Gasteiger partial charge in [-0.25, -0.2) is 9.37 Å². The number of rotatable bonds is 6. The molecule has 5 nitrogen and oxygen atoms in total. The van der Waals surface area contributed by atoms with Gasteiger partial charge in [0.25, 0.3) is 5.91 Å². The minimum Gasteiger partial charge on any atom is -0.337 e. The van der Waals surface area contributed by atoms with Gasteiger partial charge in [-0.15, -0.1) is 0 Å². The molecule has 0 aliphatic heterocycles. The third-order valence-electron chi connectivity index (χ3n) is 4.44. The van der Waals surface area contributed by atoms with Crippen molar-refractivity contribution in [2.45, 2.75) is 32.0 Å². The van der Waals surface area contributed by atoms with Crippen LogP contribution in [0.5, 0.6) is 0 Å². The number of nitrogens with one attached hydrogen (secondary N) is 3. The van der Waals surface area contributed by atoms with E-state index in [1.165, 1.54) is 30.5 Å². The number of allylic oxidation sites excluding steroid dienone is 2. The Balaban J connectivity index is 1.72. The van der Waals surface area contributed by atoms with E-state index in [0.29, 0.717) is 29.7 Å². The number of benzene rings is 1. The second kappa shape index (κ2) is 7.57. The molecule has 1 fully saturated rings. The lowest BCUT2D eigenvalue weighted by Crippen LogP contribution is -2.47. The molecule has 3 rings (SSSR count). The number of carbonyl (C=O) groups excluding carboxylic acids is 1. The summed E-state index contributed by atoms with van der Waals surface area (Å²) in [4.78, 5) is 18.7. The molecule has 28 heavy (non-hydrogen) atoms. The third kappa shape index (κ3) is 4.65. The Morgan fingerprint density at radius 1 is 1.39 bits per heavy atom. The molecule has 1 saturated carbocycles.